The highest BCUT2D eigenvalue weighted by molar-refractivity contribution is 7.87. The molecule has 0 fully saturated rings. The zero-order chi connectivity index (χ0) is 24.9. The fraction of sp³-hybridized carbons (Fsp3) is 0.136. The molecule has 0 saturated heterocycles. The Hall–Kier alpha value is -3.87. The Morgan fingerprint density at radius 2 is 1.88 bits per heavy atom. The fourth-order valence-corrected chi connectivity index (χ4v) is 3.43. The van der Waals surface area contributed by atoms with Gasteiger partial charge >= 0.3 is 5.97 Å². The molecule has 10 nitrogen and oxygen atoms in total. The summed E-state index contributed by atoms with van der Waals surface area (Å²) in [5.41, 5.74) is 3.08. The predicted molar refractivity (Wildman–Crippen MR) is 123 cm³/mol. The van der Waals surface area contributed by atoms with Gasteiger partial charge in [-0.15, -0.1) is 0 Å². The van der Waals surface area contributed by atoms with Crippen LogP contribution in [-0.2, 0) is 16.8 Å². The number of methoxy groups -OCH3 is 1. The minimum atomic E-state index is -3.64. The molecule has 178 valence electrons. The topological polar surface area (TPSA) is 149 Å². The van der Waals surface area contributed by atoms with Crippen LogP contribution in [0.25, 0.3) is 16.6 Å². The summed E-state index contributed by atoms with van der Waals surface area (Å²) in [5.74, 6) is -0.676. The van der Waals surface area contributed by atoms with Crippen LogP contribution in [-0.4, -0.2) is 41.4 Å². The summed E-state index contributed by atoms with van der Waals surface area (Å²) in [5, 5.41) is 18.5. The number of carboxylic acids is 1. The van der Waals surface area contributed by atoms with E-state index in [1.807, 2.05) is 19.1 Å². The summed E-state index contributed by atoms with van der Waals surface area (Å²) < 4.78 is 43.0. The van der Waals surface area contributed by atoms with Gasteiger partial charge in [0.05, 0.1) is 36.3 Å². The Kier molecular flexibility index (Phi) is 7.56. The molecular weight excluding hydrogens is 465 g/mol. The predicted octanol–water partition coefficient (Wildman–Crippen LogP) is 2.55. The number of rotatable bonds is 6. The minimum Gasteiger partial charge on any atom is -0.496 e. The van der Waals surface area contributed by atoms with Gasteiger partial charge in [-0.1, -0.05) is 12.1 Å². The van der Waals surface area contributed by atoms with E-state index < -0.39 is 16.2 Å². The van der Waals surface area contributed by atoms with Crippen LogP contribution < -0.4 is 14.6 Å². The van der Waals surface area contributed by atoms with Crippen molar-refractivity contribution in [1.29, 1.82) is 0 Å². The summed E-state index contributed by atoms with van der Waals surface area (Å²) in [6.45, 7) is 2.07. The van der Waals surface area contributed by atoms with Gasteiger partial charge in [0.1, 0.15) is 11.6 Å². The van der Waals surface area contributed by atoms with E-state index in [-0.39, 0.29) is 17.9 Å². The van der Waals surface area contributed by atoms with Gasteiger partial charge in [-0.3, -0.25) is 4.98 Å². The van der Waals surface area contributed by atoms with Gasteiger partial charge in [-0.05, 0) is 48.4 Å². The van der Waals surface area contributed by atoms with Gasteiger partial charge in [0.2, 0.25) is 0 Å². The van der Waals surface area contributed by atoms with E-state index in [0.717, 1.165) is 16.9 Å². The smallest absolute Gasteiger partial charge is 0.338 e. The molecule has 4 rings (SSSR count). The highest BCUT2D eigenvalue weighted by Gasteiger charge is 2.13. The molecule has 0 aliphatic heterocycles. The van der Waals surface area contributed by atoms with Crippen LogP contribution in [0.3, 0.4) is 0 Å². The number of carboxylic acid groups (broad SMARTS) is 1. The van der Waals surface area contributed by atoms with Crippen molar-refractivity contribution in [2.24, 2.45) is 5.14 Å². The minimum absolute atomic E-state index is 0.0888. The molecule has 4 N–H and O–H groups in total. The van der Waals surface area contributed by atoms with Crippen LogP contribution in [0.15, 0.2) is 61.1 Å². The Bertz CT molecular complexity index is 1420. The summed E-state index contributed by atoms with van der Waals surface area (Å²) in [4.78, 5) is 15.0. The molecule has 0 bridgehead atoms. The first-order valence-corrected chi connectivity index (χ1v) is 11.4. The van der Waals surface area contributed by atoms with Crippen LogP contribution >= 0.6 is 0 Å². The van der Waals surface area contributed by atoms with Crippen molar-refractivity contribution in [2.75, 3.05) is 7.11 Å². The molecule has 4 aromatic rings. The third kappa shape index (κ3) is 6.13. The number of aromatic nitrogens is 3. The number of ether oxygens (including phenoxy) is 1. The molecule has 0 aliphatic rings. The maximum Gasteiger partial charge on any atom is 0.338 e. The Labute approximate surface area is 195 Å². The molecule has 34 heavy (non-hydrogen) atoms. The zero-order valence-electron chi connectivity index (χ0n) is 18.3. The summed E-state index contributed by atoms with van der Waals surface area (Å²) in [6.07, 6.45) is 4.27. The quantitative estimate of drug-likeness (QED) is 0.378. The second-order valence-electron chi connectivity index (χ2n) is 7.13. The molecule has 0 unspecified atom stereocenters. The average molecular weight is 488 g/mol. The second-order valence-corrected chi connectivity index (χ2v) is 8.51. The summed E-state index contributed by atoms with van der Waals surface area (Å²) in [6, 6.07) is 11.2. The van der Waals surface area contributed by atoms with E-state index in [2.05, 4.69) is 14.8 Å². The van der Waals surface area contributed by atoms with Crippen LogP contribution in [0.1, 0.15) is 21.5 Å². The molecule has 0 amide bonds. The first-order chi connectivity index (χ1) is 16.1. The lowest BCUT2D eigenvalue weighted by Crippen LogP contribution is -2.30. The number of hydrogen-bond donors (Lipinski definition) is 3. The lowest BCUT2D eigenvalue weighted by molar-refractivity contribution is 0.0698. The molecule has 2 heterocycles. The molecule has 0 atom stereocenters. The third-order valence-electron chi connectivity index (χ3n) is 4.75. The molecule has 12 heteroatoms. The monoisotopic (exact) mass is 487 g/mol. The summed E-state index contributed by atoms with van der Waals surface area (Å²) in [7, 11) is -2.07. The maximum absolute atomic E-state index is 12.9. The molecular formula is C22H22FN5O5S. The van der Waals surface area contributed by atoms with Crippen molar-refractivity contribution in [2.45, 2.75) is 13.5 Å². The number of halogens is 1. The number of fused-ring (bicyclic) bond motifs is 1. The number of nitrogens with one attached hydrogen (secondary N) is 1. The highest BCUT2D eigenvalue weighted by Crippen LogP contribution is 2.21. The van der Waals surface area contributed by atoms with E-state index in [1.165, 1.54) is 35.4 Å². The Morgan fingerprint density at radius 3 is 2.50 bits per heavy atom. The van der Waals surface area contributed by atoms with E-state index in [4.69, 9.17) is 15.0 Å². The number of carbonyl (C=O) groups is 1. The third-order valence-corrected chi connectivity index (χ3v) is 5.30. The number of benzene rings is 2. The Morgan fingerprint density at radius 1 is 1.18 bits per heavy atom. The van der Waals surface area contributed by atoms with Crippen LogP contribution in [0.4, 0.5) is 4.39 Å². The number of aromatic carboxylic acids is 1. The van der Waals surface area contributed by atoms with Gasteiger partial charge in [0.25, 0.3) is 10.2 Å². The largest absolute Gasteiger partial charge is 0.496 e. The van der Waals surface area contributed by atoms with Crippen LogP contribution in [0.2, 0.25) is 0 Å². The lowest BCUT2D eigenvalue weighted by Gasteiger charge is -2.07. The van der Waals surface area contributed by atoms with Crippen LogP contribution in [0, 0.1) is 12.7 Å². The Balaban J connectivity index is 0.000000197. The molecule has 2 aromatic carbocycles. The lowest BCUT2D eigenvalue weighted by atomic mass is 10.1. The van der Waals surface area contributed by atoms with E-state index in [1.54, 1.807) is 25.3 Å². The SMILES string of the molecule is COc1cc(CNS(N)(=O)=O)ccc1C.O=C(O)c1cncc2c1cnn2-c1ccc(F)cc1. The van der Waals surface area contributed by atoms with Crippen LogP contribution in [0.5, 0.6) is 5.75 Å². The standard InChI is InChI=1S/C13H8FN3O2.C9H14N2O3S/c14-8-1-3-9(4-2-8)17-12-7-15-5-11(13(18)19)10(12)6-16-17;1-7-3-4-8(5-9(7)14-2)6-11-15(10,12)13/h1-7H,(H,18,19);3-5,11H,6H2,1-2H3,(H2,10,12,13). The van der Waals surface area contributed by atoms with Crippen molar-refractivity contribution < 1.29 is 27.4 Å². The number of aryl methyl sites for hydroxylation is 1. The van der Waals surface area contributed by atoms with E-state index >= 15 is 0 Å². The van der Waals surface area contributed by atoms with Gasteiger partial charge in [-0.25, -0.2) is 19.0 Å². The van der Waals surface area contributed by atoms with Gasteiger partial charge < -0.3 is 9.84 Å². The fourth-order valence-electron chi connectivity index (χ4n) is 3.06. The molecule has 0 radical (unpaired) electrons. The van der Waals surface area contributed by atoms with Crippen molar-refractivity contribution in [3.05, 3.63) is 83.6 Å². The van der Waals surface area contributed by atoms with Gasteiger partial charge in [0.15, 0.2) is 0 Å². The summed E-state index contributed by atoms with van der Waals surface area (Å²) >= 11 is 0. The molecule has 0 aliphatic carbocycles. The van der Waals surface area contributed by atoms with Crippen molar-refractivity contribution in [3.8, 4) is 11.4 Å². The number of pyridine rings is 1. The molecule has 0 saturated carbocycles. The maximum atomic E-state index is 12.9. The van der Waals surface area contributed by atoms with E-state index in [0.29, 0.717) is 16.6 Å². The van der Waals surface area contributed by atoms with E-state index in [9.17, 15) is 17.6 Å². The number of nitrogens with zero attached hydrogens (tertiary/aromatic N) is 3. The van der Waals surface area contributed by atoms with Crippen molar-refractivity contribution in [1.82, 2.24) is 19.5 Å². The second kappa shape index (κ2) is 10.4. The zero-order valence-corrected chi connectivity index (χ0v) is 19.1. The van der Waals surface area contributed by atoms with Gasteiger partial charge in [0, 0.05) is 18.1 Å². The first kappa shape index (κ1) is 24.8. The molecule has 0 spiro atoms. The first-order valence-electron chi connectivity index (χ1n) is 9.81. The molecule has 2 aromatic heterocycles. The van der Waals surface area contributed by atoms with Crippen molar-refractivity contribution in [3.63, 3.8) is 0 Å². The number of hydrogen-bond acceptors (Lipinski definition) is 6. The van der Waals surface area contributed by atoms with Crippen molar-refractivity contribution >= 4 is 27.1 Å². The normalized spacial score (nSPS) is 11.1. The highest BCUT2D eigenvalue weighted by atomic mass is 32.2. The number of nitrogens with two attached hydrogens (primary N) is 1. The average Bonchev–Trinajstić information content (AvgIpc) is 3.23. The van der Waals surface area contributed by atoms with Gasteiger partial charge in [-0.2, -0.15) is 18.2 Å².